The van der Waals surface area contributed by atoms with Crippen LogP contribution in [0.5, 0.6) is 5.75 Å². The van der Waals surface area contributed by atoms with E-state index in [0.717, 1.165) is 28.5 Å². The predicted molar refractivity (Wildman–Crippen MR) is 97.5 cm³/mol. The smallest absolute Gasteiger partial charge is 0.261 e. The fourth-order valence-electron chi connectivity index (χ4n) is 2.99. The number of pyridine rings is 1. The van der Waals surface area contributed by atoms with Gasteiger partial charge >= 0.3 is 0 Å². The van der Waals surface area contributed by atoms with Crippen molar-refractivity contribution in [2.24, 2.45) is 0 Å². The number of aromatic nitrogens is 3. The van der Waals surface area contributed by atoms with Crippen LogP contribution < -0.4 is 10.1 Å². The summed E-state index contributed by atoms with van der Waals surface area (Å²) in [5.74, 6) is 2.20. The van der Waals surface area contributed by atoms with Gasteiger partial charge in [0.25, 0.3) is 5.91 Å². The van der Waals surface area contributed by atoms with Crippen molar-refractivity contribution in [3.63, 3.8) is 0 Å². The third-order valence-electron chi connectivity index (χ3n) is 4.34. The van der Waals surface area contributed by atoms with Crippen molar-refractivity contribution < 1.29 is 9.53 Å². The molecule has 2 aromatic heterocycles. The lowest BCUT2D eigenvalue weighted by Crippen LogP contribution is -2.37. The Morgan fingerprint density at radius 3 is 3.00 bits per heavy atom. The molecule has 0 saturated heterocycles. The molecule has 6 nitrogen and oxygen atoms in total. The average Bonchev–Trinajstić information content (AvgIpc) is 3.25. The molecule has 0 bridgehead atoms. The van der Waals surface area contributed by atoms with Crippen LogP contribution in [0.15, 0.2) is 48.9 Å². The van der Waals surface area contributed by atoms with Crippen LogP contribution in [0.4, 0.5) is 0 Å². The van der Waals surface area contributed by atoms with Crippen LogP contribution in [-0.4, -0.2) is 26.5 Å². The van der Waals surface area contributed by atoms with Gasteiger partial charge in [-0.2, -0.15) is 0 Å². The first kappa shape index (κ1) is 16.6. The molecular formula is C19H17ClN4O2. The van der Waals surface area contributed by atoms with Gasteiger partial charge in [0, 0.05) is 36.6 Å². The van der Waals surface area contributed by atoms with Gasteiger partial charge in [0.2, 0.25) is 0 Å². The minimum absolute atomic E-state index is 0.144. The Morgan fingerprint density at radius 2 is 2.19 bits per heavy atom. The number of fused-ring (bicyclic) bond motifs is 1. The molecule has 7 heteroatoms. The van der Waals surface area contributed by atoms with Crippen LogP contribution >= 0.6 is 11.6 Å². The molecule has 1 amide bonds. The maximum Gasteiger partial charge on any atom is 0.261 e. The molecule has 1 N–H and O–H groups in total. The van der Waals surface area contributed by atoms with Crippen molar-refractivity contribution in [1.82, 2.24) is 19.9 Å². The van der Waals surface area contributed by atoms with E-state index in [1.54, 1.807) is 24.5 Å². The molecule has 132 valence electrons. The monoisotopic (exact) mass is 368 g/mol. The van der Waals surface area contributed by atoms with Gasteiger partial charge in [-0.1, -0.05) is 11.6 Å². The summed E-state index contributed by atoms with van der Waals surface area (Å²) in [5.41, 5.74) is 1.91. The molecule has 26 heavy (non-hydrogen) atoms. The van der Waals surface area contributed by atoms with E-state index < -0.39 is 6.10 Å². The Balaban J connectivity index is 1.40. The minimum atomic E-state index is -0.527. The van der Waals surface area contributed by atoms with E-state index >= 15 is 0 Å². The predicted octanol–water partition coefficient (Wildman–Crippen LogP) is 2.85. The zero-order chi connectivity index (χ0) is 18.1. The van der Waals surface area contributed by atoms with Crippen LogP contribution in [0.1, 0.15) is 17.0 Å². The number of nitrogens with zero attached hydrogens (tertiary/aromatic N) is 3. The van der Waals surface area contributed by atoms with Crippen molar-refractivity contribution in [2.75, 3.05) is 0 Å². The van der Waals surface area contributed by atoms with Gasteiger partial charge in [-0.05, 0) is 48.4 Å². The van der Waals surface area contributed by atoms with E-state index in [0.29, 0.717) is 18.0 Å². The maximum absolute atomic E-state index is 12.4. The molecule has 0 aliphatic carbocycles. The molecular weight excluding hydrogens is 352 g/mol. The number of aryl methyl sites for hydroxylation is 1. The maximum atomic E-state index is 12.4. The highest BCUT2D eigenvalue weighted by Gasteiger charge is 2.29. The molecule has 0 spiro atoms. The van der Waals surface area contributed by atoms with Crippen molar-refractivity contribution in [1.29, 1.82) is 0 Å². The molecule has 3 aromatic rings. The largest absolute Gasteiger partial charge is 0.480 e. The van der Waals surface area contributed by atoms with Crippen molar-refractivity contribution >= 4 is 17.5 Å². The first-order valence-corrected chi connectivity index (χ1v) is 8.66. The van der Waals surface area contributed by atoms with Gasteiger partial charge in [-0.3, -0.25) is 9.36 Å². The summed E-state index contributed by atoms with van der Waals surface area (Å²) in [7, 11) is 0. The Kier molecular flexibility index (Phi) is 4.34. The lowest BCUT2D eigenvalue weighted by Gasteiger charge is -2.12. The number of imidazole rings is 1. The fourth-order valence-corrected chi connectivity index (χ4v) is 3.18. The quantitative estimate of drug-likeness (QED) is 0.768. The molecule has 1 atom stereocenters. The topological polar surface area (TPSA) is 69.0 Å². The summed E-state index contributed by atoms with van der Waals surface area (Å²) >= 11 is 5.99. The lowest BCUT2D eigenvalue weighted by atomic mass is 10.1. The third-order valence-corrected chi connectivity index (χ3v) is 4.57. The molecule has 4 rings (SSSR count). The highest BCUT2D eigenvalue weighted by molar-refractivity contribution is 6.30. The van der Waals surface area contributed by atoms with Crippen LogP contribution in [0, 0.1) is 6.92 Å². The molecule has 1 aliphatic heterocycles. The Hall–Kier alpha value is -2.86. The lowest BCUT2D eigenvalue weighted by molar-refractivity contribution is -0.127. The van der Waals surface area contributed by atoms with Gasteiger partial charge in [-0.15, -0.1) is 0 Å². The highest BCUT2D eigenvalue weighted by atomic mass is 35.5. The molecule has 1 aliphatic rings. The summed E-state index contributed by atoms with van der Waals surface area (Å²) in [4.78, 5) is 21.0. The summed E-state index contributed by atoms with van der Waals surface area (Å²) in [6, 6.07) is 9.20. The third kappa shape index (κ3) is 3.28. The van der Waals surface area contributed by atoms with E-state index in [4.69, 9.17) is 16.3 Å². The second kappa shape index (κ2) is 6.80. The number of hydrogen-bond donors (Lipinski definition) is 1. The number of benzene rings is 1. The van der Waals surface area contributed by atoms with Crippen LogP contribution in [0.3, 0.4) is 0 Å². The zero-order valence-electron chi connectivity index (χ0n) is 14.1. The number of halogens is 1. The van der Waals surface area contributed by atoms with Gasteiger partial charge in [0.1, 0.15) is 17.4 Å². The summed E-state index contributed by atoms with van der Waals surface area (Å²) in [5, 5.41) is 3.57. The number of nitrogens with one attached hydrogen (secondary N) is 1. The van der Waals surface area contributed by atoms with E-state index in [-0.39, 0.29) is 5.91 Å². The number of amides is 1. The summed E-state index contributed by atoms with van der Waals surface area (Å²) < 4.78 is 7.61. The van der Waals surface area contributed by atoms with Crippen molar-refractivity contribution in [3.05, 3.63) is 70.9 Å². The Labute approximate surface area is 155 Å². The fraction of sp³-hybridized carbons (Fsp3) is 0.211. The Bertz CT molecular complexity index is 970. The highest BCUT2D eigenvalue weighted by Crippen LogP contribution is 2.31. The Morgan fingerprint density at radius 1 is 1.31 bits per heavy atom. The van der Waals surface area contributed by atoms with Crippen LogP contribution in [0.25, 0.3) is 5.82 Å². The van der Waals surface area contributed by atoms with Crippen molar-refractivity contribution in [3.8, 4) is 11.6 Å². The molecule has 3 heterocycles. The second-order valence-corrected chi connectivity index (χ2v) is 6.58. The number of hydrogen-bond acceptors (Lipinski definition) is 4. The minimum Gasteiger partial charge on any atom is -0.480 e. The van der Waals surface area contributed by atoms with E-state index in [2.05, 4.69) is 15.3 Å². The van der Waals surface area contributed by atoms with E-state index in [1.165, 1.54) is 0 Å². The van der Waals surface area contributed by atoms with Gasteiger partial charge in [-0.25, -0.2) is 9.97 Å². The first-order valence-electron chi connectivity index (χ1n) is 8.28. The number of ether oxygens (including phenoxy) is 1. The standard InChI is InChI=1S/C19H17ClN4O2/c1-12-21-6-7-24(12)18-8-13(4-5-22-18)11-23-19(25)17-10-14-9-15(20)2-3-16(14)26-17/h2-9,17H,10-11H2,1H3,(H,23,25). The van der Waals surface area contributed by atoms with Crippen LogP contribution in [-0.2, 0) is 17.8 Å². The first-order chi connectivity index (χ1) is 12.6. The van der Waals surface area contributed by atoms with Crippen LogP contribution in [0.2, 0.25) is 5.02 Å². The molecule has 0 radical (unpaired) electrons. The number of carbonyl (C=O) groups excluding carboxylic acids is 1. The zero-order valence-corrected chi connectivity index (χ0v) is 14.9. The summed E-state index contributed by atoms with van der Waals surface area (Å²) in [6.45, 7) is 2.32. The van der Waals surface area contributed by atoms with E-state index in [1.807, 2.05) is 35.9 Å². The van der Waals surface area contributed by atoms with E-state index in [9.17, 15) is 4.79 Å². The second-order valence-electron chi connectivity index (χ2n) is 6.15. The average molecular weight is 369 g/mol. The molecule has 1 aromatic carbocycles. The number of carbonyl (C=O) groups is 1. The number of rotatable bonds is 4. The summed E-state index contributed by atoms with van der Waals surface area (Å²) in [6.07, 6.45) is 5.31. The van der Waals surface area contributed by atoms with Gasteiger partial charge in [0.05, 0.1) is 0 Å². The normalized spacial score (nSPS) is 15.4. The molecule has 0 saturated carbocycles. The van der Waals surface area contributed by atoms with Crippen molar-refractivity contribution in [2.45, 2.75) is 26.0 Å². The molecule has 1 unspecified atom stereocenters. The van der Waals surface area contributed by atoms with Gasteiger partial charge < -0.3 is 10.1 Å². The SMILES string of the molecule is Cc1nccn1-c1cc(CNC(=O)C2Cc3cc(Cl)ccc3O2)ccn1. The molecule has 0 fully saturated rings. The van der Waals surface area contributed by atoms with Gasteiger partial charge in [0.15, 0.2) is 6.10 Å².